The number of nitrogens with one attached hydrogen (secondary N) is 1. The van der Waals surface area contributed by atoms with Crippen molar-refractivity contribution in [2.45, 2.75) is 38.6 Å². The Kier molecular flexibility index (Phi) is 6.65. The summed E-state index contributed by atoms with van der Waals surface area (Å²) in [6, 6.07) is 5.96. The van der Waals surface area contributed by atoms with E-state index in [9.17, 15) is 4.39 Å². The number of hydrogen-bond acceptors (Lipinski definition) is 2. The molecule has 1 aromatic rings. The molecule has 0 spiro atoms. The quantitative estimate of drug-likeness (QED) is 0.842. The molecular weight excluding hydrogens is 331 g/mol. The first-order valence-corrected chi connectivity index (χ1v) is 8.80. The van der Waals surface area contributed by atoms with Gasteiger partial charge in [0, 0.05) is 6.04 Å². The molecule has 1 N–H and O–H groups in total. The molecule has 118 valence electrons. The van der Waals surface area contributed by atoms with Crippen molar-refractivity contribution >= 4 is 15.9 Å². The number of halogens is 2. The van der Waals surface area contributed by atoms with Gasteiger partial charge in [-0.3, -0.25) is 4.90 Å². The van der Waals surface area contributed by atoms with E-state index >= 15 is 0 Å². The third-order valence-electron chi connectivity index (χ3n) is 4.37. The Hall–Kier alpha value is -0.450. The molecule has 1 aliphatic rings. The molecule has 2 atom stereocenters. The van der Waals surface area contributed by atoms with E-state index < -0.39 is 0 Å². The lowest BCUT2D eigenvalue weighted by molar-refractivity contribution is 0.154. The number of rotatable bonds is 5. The van der Waals surface area contributed by atoms with Crippen LogP contribution in [0.15, 0.2) is 22.7 Å². The van der Waals surface area contributed by atoms with Crippen molar-refractivity contribution < 1.29 is 4.39 Å². The van der Waals surface area contributed by atoms with E-state index in [2.05, 4.69) is 39.1 Å². The lowest BCUT2D eigenvalue weighted by Crippen LogP contribution is -2.37. The molecule has 2 rings (SSSR count). The Balaban J connectivity index is 2.34. The zero-order valence-corrected chi connectivity index (χ0v) is 14.6. The summed E-state index contributed by atoms with van der Waals surface area (Å²) in [5.41, 5.74) is 1.12. The van der Waals surface area contributed by atoms with Crippen LogP contribution in [0, 0.1) is 11.7 Å². The van der Waals surface area contributed by atoms with Crippen molar-refractivity contribution in [3.8, 4) is 0 Å². The van der Waals surface area contributed by atoms with Crippen molar-refractivity contribution in [3.63, 3.8) is 0 Å². The Morgan fingerprint density at radius 2 is 2.19 bits per heavy atom. The van der Waals surface area contributed by atoms with Gasteiger partial charge < -0.3 is 5.32 Å². The molecule has 0 bridgehead atoms. The van der Waals surface area contributed by atoms with Crippen molar-refractivity contribution in [3.05, 3.63) is 34.1 Å². The van der Waals surface area contributed by atoms with Crippen molar-refractivity contribution in [2.75, 3.05) is 26.7 Å². The average molecular weight is 357 g/mol. The third kappa shape index (κ3) is 4.27. The molecule has 1 aliphatic heterocycles. The topological polar surface area (TPSA) is 15.3 Å². The average Bonchev–Trinajstić information content (AvgIpc) is 2.66. The summed E-state index contributed by atoms with van der Waals surface area (Å²) in [6.45, 7) is 5.42. The molecule has 4 heteroatoms. The largest absolute Gasteiger partial charge is 0.319 e. The predicted molar refractivity (Wildman–Crippen MR) is 90.0 cm³/mol. The summed E-state index contributed by atoms with van der Waals surface area (Å²) in [5.74, 6) is 0.390. The zero-order chi connectivity index (χ0) is 15.2. The Morgan fingerprint density at radius 3 is 2.86 bits per heavy atom. The molecule has 0 aliphatic carbocycles. The molecule has 1 heterocycles. The monoisotopic (exact) mass is 356 g/mol. The second-order valence-electron chi connectivity index (χ2n) is 5.97. The van der Waals surface area contributed by atoms with Crippen LogP contribution < -0.4 is 5.32 Å². The maximum Gasteiger partial charge on any atom is 0.137 e. The molecule has 2 unspecified atom stereocenters. The summed E-state index contributed by atoms with van der Waals surface area (Å²) in [6.07, 6.45) is 4.86. The fourth-order valence-electron chi connectivity index (χ4n) is 3.51. The highest BCUT2D eigenvalue weighted by Crippen LogP contribution is 2.36. The molecule has 1 aromatic carbocycles. The van der Waals surface area contributed by atoms with Gasteiger partial charge in [0.25, 0.3) is 0 Å². The molecule has 1 fully saturated rings. The molecule has 2 nitrogen and oxygen atoms in total. The molecule has 0 amide bonds. The van der Waals surface area contributed by atoms with Gasteiger partial charge in [0.2, 0.25) is 0 Å². The summed E-state index contributed by atoms with van der Waals surface area (Å²) in [4.78, 5) is 2.55. The van der Waals surface area contributed by atoms with Gasteiger partial charge in [-0.2, -0.15) is 0 Å². The highest BCUT2D eigenvalue weighted by Gasteiger charge is 2.30. The van der Waals surface area contributed by atoms with Crippen LogP contribution >= 0.6 is 15.9 Å². The Labute approximate surface area is 136 Å². The fourth-order valence-corrected chi connectivity index (χ4v) is 3.76. The fraction of sp³-hybridized carbons (Fsp3) is 0.647. The first kappa shape index (κ1) is 16.9. The second kappa shape index (κ2) is 8.25. The van der Waals surface area contributed by atoms with Gasteiger partial charge in [-0.1, -0.05) is 19.4 Å². The number of nitrogens with zero attached hydrogens (tertiary/aromatic N) is 1. The van der Waals surface area contributed by atoms with Crippen molar-refractivity contribution in [1.29, 1.82) is 0 Å². The van der Waals surface area contributed by atoms with Gasteiger partial charge in [-0.25, -0.2) is 4.39 Å². The highest BCUT2D eigenvalue weighted by atomic mass is 79.9. The Bertz CT molecular complexity index is 436. The van der Waals surface area contributed by atoms with Crippen molar-refractivity contribution in [1.82, 2.24) is 10.2 Å². The van der Waals surface area contributed by atoms with Crippen molar-refractivity contribution in [2.24, 2.45) is 5.92 Å². The predicted octanol–water partition coefficient (Wildman–Crippen LogP) is 4.36. The van der Waals surface area contributed by atoms with E-state index in [0.29, 0.717) is 16.4 Å². The molecule has 21 heavy (non-hydrogen) atoms. The standard InChI is InChI=1S/C17H26BrFN2/c1-3-9-21-10-5-4-6-14(12-20-2)17(21)13-7-8-15(18)16(19)11-13/h7-8,11,14,17,20H,3-6,9-10,12H2,1-2H3. The van der Waals surface area contributed by atoms with Gasteiger partial charge >= 0.3 is 0 Å². The normalized spacial score (nSPS) is 24.0. The van der Waals surface area contributed by atoms with Crippen LogP contribution in [-0.2, 0) is 0 Å². The second-order valence-corrected chi connectivity index (χ2v) is 6.82. The van der Waals surface area contributed by atoms with E-state index in [1.165, 1.54) is 19.3 Å². The first-order chi connectivity index (χ1) is 10.2. The third-order valence-corrected chi connectivity index (χ3v) is 5.02. The van der Waals surface area contributed by atoms with Crippen LogP contribution in [0.3, 0.4) is 0 Å². The minimum absolute atomic E-state index is 0.156. The maximum absolute atomic E-state index is 14.0. The highest BCUT2D eigenvalue weighted by molar-refractivity contribution is 9.10. The molecule has 0 aromatic heterocycles. The van der Waals surface area contributed by atoms with Gasteiger partial charge in [-0.05, 0) is 85.5 Å². The van der Waals surface area contributed by atoms with Crippen LogP contribution in [0.1, 0.15) is 44.2 Å². The SMILES string of the molecule is CCCN1CCCCC(CNC)C1c1ccc(Br)c(F)c1. The number of hydrogen-bond donors (Lipinski definition) is 1. The van der Waals surface area contributed by atoms with Gasteiger partial charge in [0.05, 0.1) is 4.47 Å². The Morgan fingerprint density at radius 1 is 1.38 bits per heavy atom. The van der Waals surface area contributed by atoms with Gasteiger partial charge in [0.1, 0.15) is 5.82 Å². The zero-order valence-electron chi connectivity index (χ0n) is 13.0. The summed E-state index contributed by atoms with van der Waals surface area (Å²) in [5, 5.41) is 3.32. The number of benzene rings is 1. The van der Waals surface area contributed by atoms with E-state index in [1.807, 2.05) is 13.1 Å². The minimum atomic E-state index is -0.156. The van der Waals surface area contributed by atoms with E-state index in [0.717, 1.165) is 31.6 Å². The maximum atomic E-state index is 14.0. The lowest BCUT2D eigenvalue weighted by Gasteiger charge is -2.35. The summed E-state index contributed by atoms with van der Waals surface area (Å²) < 4.78 is 14.5. The summed E-state index contributed by atoms with van der Waals surface area (Å²) in [7, 11) is 2.01. The van der Waals surface area contributed by atoms with E-state index in [1.54, 1.807) is 6.07 Å². The minimum Gasteiger partial charge on any atom is -0.319 e. The van der Waals surface area contributed by atoms with Gasteiger partial charge in [0.15, 0.2) is 0 Å². The molecule has 0 saturated carbocycles. The van der Waals surface area contributed by atoms with Crippen LogP contribution in [0.25, 0.3) is 0 Å². The van der Waals surface area contributed by atoms with Gasteiger partial charge in [-0.15, -0.1) is 0 Å². The van der Waals surface area contributed by atoms with E-state index in [4.69, 9.17) is 0 Å². The first-order valence-electron chi connectivity index (χ1n) is 8.01. The molecular formula is C17H26BrFN2. The van der Waals surface area contributed by atoms with Crippen LogP contribution in [0.2, 0.25) is 0 Å². The number of likely N-dealkylation sites (tertiary alicyclic amines) is 1. The summed E-state index contributed by atoms with van der Waals surface area (Å²) >= 11 is 3.26. The van der Waals surface area contributed by atoms with Crippen LogP contribution in [0.5, 0.6) is 0 Å². The van der Waals surface area contributed by atoms with Crippen LogP contribution in [-0.4, -0.2) is 31.6 Å². The molecule has 0 radical (unpaired) electrons. The smallest absolute Gasteiger partial charge is 0.137 e. The lowest BCUT2D eigenvalue weighted by atomic mass is 9.89. The molecule has 1 saturated heterocycles. The van der Waals surface area contributed by atoms with E-state index in [-0.39, 0.29) is 5.82 Å². The van der Waals surface area contributed by atoms with Crippen LogP contribution in [0.4, 0.5) is 4.39 Å².